The zero-order valence-electron chi connectivity index (χ0n) is 16.8. The van der Waals surface area contributed by atoms with Crippen LogP contribution in [-0.2, 0) is 15.3 Å². The summed E-state index contributed by atoms with van der Waals surface area (Å²) in [4.78, 5) is 16.6. The van der Waals surface area contributed by atoms with Crippen LogP contribution in [-0.4, -0.2) is 30.3 Å². The first-order valence-corrected chi connectivity index (χ1v) is 10.4. The lowest BCUT2D eigenvalue weighted by Crippen LogP contribution is -2.04. The van der Waals surface area contributed by atoms with E-state index in [0.29, 0.717) is 17.2 Å². The summed E-state index contributed by atoms with van der Waals surface area (Å²) in [6.07, 6.45) is 3.57. The number of aryl methyl sites for hydroxylation is 1. The van der Waals surface area contributed by atoms with E-state index >= 15 is 0 Å². The van der Waals surface area contributed by atoms with Crippen LogP contribution < -0.4 is 4.74 Å². The van der Waals surface area contributed by atoms with E-state index in [2.05, 4.69) is 0 Å². The van der Waals surface area contributed by atoms with Crippen molar-refractivity contribution in [2.75, 3.05) is 14.2 Å². The lowest BCUT2D eigenvalue weighted by Gasteiger charge is -2.12. The third-order valence-corrected chi connectivity index (χ3v) is 5.89. The van der Waals surface area contributed by atoms with E-state index < -0.39 is 5.97 Å². The Morgan fingerprint density at radius 2 is 2.00 bits per heavy atom. The van der Waals surface area contributed by atoms with Crippen molar-refractivity contribution in [3.8, 4) is 5.75 Å². The number of carboxylic acid groups (broad SMARTS) is 1. The van der Waals surface area contributed by atoms with Gasteiger partial charge in [-0.2, -0.15) is 0 Å². The smallest absolute Gasteiger partial charge is 0.339 e. The zero-order valence-corrected chi connectivity index (χ0v) is 17.7. The minimum atomic E-state index is -1.01. The van der Waals surface area contributed by atoms with Crippen molar-refractivity contribution >= 4 is 34.0 Å². The van der Waals surface area contributed by atoms with Crippen molar-refractivity contribution in [1.29, 1.82) is 0 Å². The second-order valence-corrected chi connectivity index (χ2v) is 7.89. The number of hydrogen-bond donors (Lipinski definition) is 1. The van der Waals surface area contributed by atoms with E-state index in [1.54, 1.807) is 18.9 Å². The number of nitrogens with zero attached hydrogens (tertiary/aromatic N) is 1. The van der Waals surface area contributed by atoms with E-state index in [1.165, 1.54) is 13.4 Å². The molecule has 1 aliphatic rings. The highest BCUT2D eigenvalue weighted by Gasteiger charge is 2.28. The van der Waals surface area contributed by atoms with Crippen LogP contribution in [0.5, 0.6) is 5.75 Å². The maximum absolute atomic E-state index is 11.6. The normalized spacial score (nSPS) is 14.6. The van der Waals surface area contributed by atoms with Gasteiger partial charge in [0.1, 0.15) is 11.3 Å². The molecule has 1 saturated carbocycles. The van der Waals surface area contributed by atoms with E-state index in [1.807, 2.05) is 49.4 Å². The number of carbonyl (C=O) groups is 1. The number of aliphatic imine (C=N–C) groups is 1. The van der Waals surface area contributed by atoms with Crippen molar-refractivity contribution < 1.29 is 19.4 Å². The monoisotopic (exact) mass is 411 g/mol. The molecule has 1 N–H and O–H groups in total. The zero-order chi connectivity index (χ0) is 20.8. The fourth-order valence-corrected chi connectivity index (χ4v) is 4.17. The van der Waals surface area contributed by atoms with Crippen LogP contribution in [0.2, 0.25) is 0 Å². The third-order valence-electron chi connectivity index (χ3n) is 4.71. The Morgan fingerprint density at radius 1 is 1.24 bits per heavy atom. The first-order valence-electron chi connectivity index (χ1n) is 9.44. The standard InChI is InChI=1S/C23H25NO4S/c1-15-12-18(28-3)10-11-21(15)24-22(16-8-9-16)29-14-17-6-4-5-7-19(17)20(13-27-2)23(25)26/h4-7,10-13,16H,8-9,14H2,1-3H3,(H,25,26)/b20-13+,24-22?. The van der Waals surface area contributed by atoms with Gasteiger partial charge in [-0.3, -0.25) is 0 Å². The summed E-state index contributed by atoms with van der Waals surface area (Å²) in [6, 6.07) is 13.4. The highest BCUT2D eigenvalue weighted by molar-refractivity contribution is 8.13. The van der Waals surface area contributed by atoms with Crippen LogP contribution in [0.25, 0.3) is 5.57 Å². The van der Waals surface area contributed by atoms with Gasteiger partial charge in [0, 0.05) is 11.7 Å². The van der Waals surface area contributed by atoms with Gasteiger partial charge in [-0.1, -0.05) is 24.3 Å². The van der Waals surface area contributed by atoms with Gasteiger partial charge in [0.25, 0.3) is 0 Å². The fraction of sp³-hybridized carbons (Fsp3) is 0.304. The third kappa shape index (κ3) is 5.41. The lowest BCUT2D eigenvalue weighted by atomic mass is 10.0. The molecule has 3 rings (SSSR count). The number of thioether (sulfide) groups is 1. The molecule has 0 amide bonds. The molecule has 0 spiro atoms. The number of methoxy groups -OCH3 is 2. The highest BCUT2D eigenvalue weighted by atomic mass is 32.2. The topological polar surface area (TPSA) is 68.1 Å². The van der Waals surface area contributed by atoms with Crippen LogP contribution >= 0.6 is 11.8 Å². The molecule has 0 aliphatic heterocycles. The van der Waals surface area contributed by atoms with Gasteiger partial charge in [-0.05, 0) is 54.7 Å². The predicted octanol–water partition coefficient (Wildman–Crippen LogP) is 5.45. The summed E-state index contributed by atoms with van der Waals surface area (Å²) < 4.78 is 10.3. The quantitative estimate of drug-likeness (QED) is 0.271. The van der Waals surface area contributed by atoms with E-state index in [-0.39, 0.29) is 5.57 Å². The number of hydrogen-bond acceptors (Lipinski definition) is 5. The Balaban J connectivity index is 1.84. The molecule has 5 nitrogen and oxygen atoms in total. The molecule has 2 aromatic rings. The molecular formula is C23H25NO4S. The predicted molar refractivity (Wildman–Crippen MR) is 118 cm³/mol. The van der Waals surface area contributed by atoms with Crippen molar-refractivity contribution in [3.63, 3.8) is 0 Å². The van der Waals surface area contributed by atoms with Gasteiger partial charge in [0.05, 0.1) is 31.2 Å². The van der Waals surface area contributed by atoms with Crippen molar-refractivity contribution in [3.05, 3.63) is 65.4 Å². The summed E-state index contributed by atoms with van der Waals surface area (Å²) in [6.45, 7) is 2.03. The Kier molecular flexibility index (Phi) is 6.99. The molecule has 0 bridgehead atoms. The molecule has 1 aliphatic carbocycles. The summed E-state index contributed by atoms with van der Waals surface area (Å²) in [5.74, 6) is 0.952. The van der Waals surface area contributed by atoms with Gasteiger partial charge < -0.3 is 14.6 Å². The molecule has 0 aromatic heterocycles. The SMILES string of the molecule is CO/C=C(/C(=O)O)c1ccccc1CSC(=Nc1ccc(OC)cc1C)C1CC1. The van der Waals surface area contributed by atoms with Gasteiger partial charge in [0.15, 0.2) is 0 Å². The molecule has 29 heavy (non-hydrogen) atoms. The summed E-state index contributed by atoms with van der Waals surface area (Å²) >= 11 is 1.68. The number of ether oxygens (including phenoxy) is 2. The maximum Gasteiger partial charge on any atom is 0.339 e. The molecule has 1 fully saturated rings. The first-order chi connectivity index (χ1) is 14.0. The molecule has 152 valence electrons. The number of benzene rings is 2. The van der Waals surface area contributed by atoms with E-state index in [9.17, 15) is 9.90 Å². The number of aliphatic carboxylic acids is 1. The van der Waals surface area contributed by atoms with Crippen molar-refractivity contribution in [2.45, 2.75) is 25.5 Å². The van der Waals surface area contributed by atoms with Gasteiger partial charge >= 0.3 is 5.97 Å². The molecule has 0 radical (unpaired) electrons. The van der Waals surface area contributed by atoms with Gasteiger partial charge in [-0.15, -0.1) is 11.8 Å². The first kappa shape index (κ1) is 21.0. The average Bonchev–Trinajstić information content (AvgIpc) is 3.55. The second-order valence-electron chi connectivity index (χ2n) is 6.89. The second kappa shape index (κ2) is 9.65. The Hall–Kier alpha value is -2.73. The van der Waals surface area contributed by atoms with Crippen LogP contribution in [0.1, 0.15) is 29.5 Å². The van der Waals surface area contributed by atoms with E-state index in [0.717, 1.165) is 40.4 Å². The minimum absolute atomic E-state index is 0.152. The summed E-state index contributed by atoms with van der Waals surface area (Å²) in [5, 5.41) is 10.6. The van der Waals surface area contributed by atoms with Crippen molar-refractivity contribution in [1.82, 2.24) is 0 Å². The van der Waals surface area contributed by atoms with Gasteiger partial charge in [0.2, 0.25) is 0 Å². The van der Waals surface area contributed by atoms with Crippen molar-refractivity contribution in [2.24, 2.45) is 10.9 Å². The molecule has 0 unspecified atom stereocenters. The largest absolute Gasteiger partial charge is 0.503 e. The maximum atomic E-state index is 11.6. The van der Waals surface area contributed by atoms with Crippen LogP contribution in [0.3, 0.4) is 0 Å². The highest BCUT2D eigenvalue weighted by Crippen LogP contribution is 2.39. The Bertz CT molecular complexity index is 948. The average molecular weight is 412 g/mol. The summed E-state index contributed by atoms with van der Waals surface area (Å²) in [5.41, 5.74) is 3.78. The van der Waals surface area contributed by atoms with Gasteiger partial charge in [-0.25, -0.2) is 9.79 Å². The van der Waals surface area contributed by atoms with Crippen LogP contribution in [0.15, 0.2) is 53.7 Å². The number of rotatable bonds is 8. The molecular weight excluding hydrogens is 386 g/mol. The number of carboxylic acids is 1. The molecule has 0 saturated heterocycles. The molecule has 6 heteroatoms. The lowest BCUT2D eigenvalue weighted by molar-refractivity contribution is -0.130. The Labute approximate surface area is 175 Å². The van der Waals surface area contributed by atoms with Crippen LogP contribution in [0, 0.1) is 12.8 Å². The molecule has 0 heterocycles. The summed E-state index contributed by atoms with van der Waals surface area (Å²) in [7, 11) is 3.11. The Morgan fingerprint density at radius 3 is 2.62 bits per heavy atom. The fourth-order valence-electron chi connectivity index (χ4n) is 2.98. The molecule has 2 aromatic carbocycles. The van der Waals surface area contributed by atoms with E-state index in [4.69, 9.17) is 14.5 Å². The minimum Gasteiger partial charge on any atom is -0.503 e. The molecule has 0 atom stereocenters. The van der Waals surface area contributed by atoms with Crippen LogP contribution in [0.4, 0.5) is 5.69 Å².